The number of anilines is 1. The molecule has 0 bridgehead atoms. The van der Waals surface area contributed by atoms with E-state index in [9.17, 15) is 5.11 Å². The van der Waals surface area contributed by atoms with Crippen LogP contribution in [0.4, 0.5) is 5.69 Å². The average molecular weight is 320 g/mol. The lowest BCUT2D eigenvalue weighted by Crippen LogP contribution is -2.40. The van der Waals surface area contributed by atoms with Gasteiger partial charge in [-0.15, -0.1) is 0 Å². The van der Waals surface area contributed by atoms with Crippen molar-refractivity contribution in [2.24, 2.45) is 0 Å². The highest BCUT2D eigenvalue weighted by atomic mass is 16.5. The summed E-state index contributed by atoms with van der Waals surface area (Å²) in [4.78, 5) is 2.54. The summed E-state index contributed by atoms with van der Waals surface area (Å²) in [5.41, 5.74) is 7.53. The van der Waals surface area contributed by atoms with Gasteiger partial charge in [-0.05, 0) is 56.3 Å². The van der Waals surface area contributed by atoms with Crippen molar-refractivity contribution in [2.45, 2.75) is 64.5 Å². The molecule has 1 fully saturated rings. The third-order valence-corrected chi connectivity index (χ3v) is 4.79. The number of nitrogens with two attached hydrogens (primary N) is 1. The molecule has 4 nitrogen and oxygen atoms in total. The summed E-state index contributed by atoms with van der Waals surface area (Å²) in [6.45, 7) is 7.11. The molecule has 4 heteroatoms. The van der Waals surface area contributed by atoms with Crippen LogP contribution < -0.4 is 10.5 Å². The van der Waals surface area contributed by atoms with Gasteiger partial charge in [-0.1, -0.05) is 26.3 Å². The van der Waals surface area contributed by atoms with Gasteiger partial charge in [-0.25, -0.2) is 0 Å². The molecule has 0 radical (unpaired) electrons. The van der Waals surface area contributed by atoms with Gasteiger partial charge >= 0.3 is 0 Å². The highest BCUT2D eigenvalue weighted by Crippen LogP contribution is 2.28. The maximum atomic E-state index is 10.5. The number of aliphatic hydroxyl groups excluding tert-OH is 1. The molecule has 2 rings (SSSR count). The number of hydrogen-bond donors (Lipinski definition) is 2. The number of benzene rings is 1. The first-order valence-electron chi connectivity index (χ1n) is 9.10. The lowest BCUT2D eigenvalue weighted by atomic mass is 9.98. The van der Waals surface area contributed by atoms with Crippen LogP contribution in [0.15, 0.2) is 18.2 Å². The smallest absolute Gasteiger partial charge is 0.142 e. The molecular weight excluding hydrogens is 288 g/mol. The zero-order valence-electron chi connectivity index (χ0n) is 14.6. The molecule has 3 N–H and O–H groups in total. The molecule has 23 heavy (non-hydrogen) atoms. The van der Waals surface area contributed by atoms with Crippen LogP contribution in [-0.4, -0.2) is 35.7 Å². The van der Waals surface area contributed by atoms with Crippen LogP contribution in [0.1, 0.15) is 64.0 Å². The number of piperidine rings is 1. The molecule has 0 saturated carbocycles. The van der Waals surface area contributed by atoms with Gasteiger partial charge < -0.3 is 20.5 Å². The van der Waals surface area contributed by atoms with E-state index in [-0.39, 0.29) is 0 Å². The van der Waals surface area contributed by atoms with E-state index >= 15 is 0 Å². The van der Waals surface area contributed by atoms with Crippen LogP contribution in [0.5, 0.6) is 5.75 Å². The molecule has 1 aliphatic heterocycles. The van der Waals surface area contributed by atoms with Crippen molar-refractivity contribution in [3.8, 4) is 5.75 Å². The monoisotopic (exact) mass is 320 g/mol. The molecule has 1 aliphatic rings. The van der Waals surface area contributed by atoms with Crippen LogP contribution >= 0.6 is 0 Å². The zero-order chi connectivity index (χ0) is 16.7. The van der Waals surface area contributed by atoms with Crippen molar-refractivity contribution in [3.63, 3.8) is 0 Å². The van der Waals surface area contributed by atoms with Crippen molar-refractivity contribution in [3.05, 3.63) is 23.8 Å². The maximum Gasteiger partial charge on any atom is 0.142 e. The van der Waals surface area contributed by atoms with E-state index in [1.54, 1.807) is 0 Å². The van der Waals surface area contributed by atoms with Gasteiger partial charge in [-0.3, -0.25) is 0 Å². The average Bonchev–Trinajstić information content (AvgIpc) is 2.58. The molecule has 1 aromatic rings. The fourth-order valence-electron chi connectivity index (χ4n) is 3.39. The lowest BCUT2D eigenvalue weighted by Gasteiger charge is -2.35. The molecule has 0 amide bonds. The second kappa shape index (κ2) is 9.14. The first-order chi connectivity index (χ1) is 11.2. The minimum Gasteiger partial charge on any atom is -0.491 e. The van der Waals surface area contributed by atoms with Crippen molar-refractivity contribution in [1.29, 1.82) is 0 Å². The Morgan fingerprint density at radius 3 is 2.87 bits per heavy atom. The topological polar surface area (TPSA) is 58.7 Å². The van der Waals surface area contributed by atoms with E-state index in [1.807, 2.05) is 18.2 Å². The molecule has 1 saturated heterocycles. The predicted octanol–water partition coefficient (Wildman–Crippen LogP) is 3.75. The quantitative estimate of drug-likeness (QED) is 0.716. The van der Waals surface area contributed by atoms with E-state index in [0.29, 0.717) is 24.1 Å². The zero-order valence-corrected chi connectivity index (χ0v) is 14.6. The first kappa shape index (κ1) is 18.1. The van der Waals surface area contributed by atoms with Crippen molar-refractivity contribution >= 4 is 5.69 Å². The number of likely N-dealkylation sites (tertiary alicyclic amines) is 1. The Hall–Kier alpha value is -1.26. The summed E-state index contributed by atoms with van der Waals surface area (Å²) >= 11 is 0. The summed E-state index contributed by atoms with van der Waals surface area (Å²) in [6, 6.07) is 6.34. The van der Waals surface area contributed by atoms with Gasteiger partial charge in [0.2, 0.25) is 0 Å². The Bertz CT molecular complexity index is 478. The van der Waals surface area contributed by atoms with Crippen LogP contribution in [0.25, 0.3) is 0 Å². The largest absolute Gasteiger partial charge is 0.491 e. The molecule has 1 aromatic carbocycles. The minimum atomic E-state index is -0.461. The highest BCUT2D eigenvalue weighted by molar-refractivity contribution is 5.54. The second-order valence-corrected chi connectivity index (χ2v) is 6.54. The van der Waals surface area contributed by atoms with Gasteiger partial charge in [-0.2, -0.15) is 0 Å². The van der Waals surface area contributed by atoms with Gasteiger partial charge in [0.15, 0.2) is 0 Å². The minimum absolute atomic E-state index is 0.461. The van der Waals surface area contributed by atoms with Crippen LogP contribution in [0.3, 0.4) is 0 Å². The Balaban J connectivity index is 1.89. The SMILES string of the molecule is CCCOc1ccc(C(O)CCN2CCCCC2CC)cc1N. The number of rotatable bonds is 8. The second-order valence-electron chi connectivity index (χ2n) is 6.54. The molecule has 1 heterocycles. The molecule has 2 unspecified atom stereocenters. The third kappa shape index (κ3) is 5.11. The Kier molecular flexibility index (Phi) is 7.18. The van der Waals surface area contributed by atoms with Gasteiger partial charge in [0.1, 0.15) is 5.75 Å². The number of nitrogen functional groups attached to an aromatic ring is 1. The normalized spacial score (nSPS) is 20.4. The molecule has 2 atom stereocenters. The van der Waals surface area contributed by atoms with Gasteiger partial charge in [0.05, 0.1) is 18.4 Å². The standard InChI is InChI=1S/C19H32N2O2/c1-3-13-23-19-9-8-15(14-17(19)20)18(22)10-12-21-11-6-5-7-16(21)4-2/h8-9,14,16,18,22H,3-7,10-13,20H2,1-2H3. The number of ether oxygens (including phenoxy) is 1. The lowest BCUT2D eigenvalue weighted by molar-refractivity contribution is 0.101. The van der Waals surface area contributed by atoms with Gasteiger partial charge in [0, 0.05) is 12.6 Å². The summed E-state index contributed by atoms with van der Waals surface area (Å²) in [5, 5.41) is 10.5. The summed E-state index contributed by atoms with van der Waals surface area (Å²) in [7, 11) is 0. The maximum absolute atomic E-state index is 10.5. The van der Waals surface area contributed by atoms with Crippen LogP contribution in [-0.2, 0) is 0 Å². The molecular formula is C19H32N2O2. The van der Waals surface area contributed by atoms with Crippen molar-refractivity contribution < 1.29 is 9.84 Å². The first-order valence-corrected chi connectivity index (χ1v) is 9.10. The van der Waals surface area contributed by atoms with E-state index in [2.05, 4.69) is 18.7 Å². The predicted molar refractivity (Wildman–Crippen MR) is 95.7 cm³/mol. The number of hydrogen-bond acceptors (Lipinski definition) is 4. The Morgan fingerprint density at radius 2 is 2.17 bits per heavy atom. The summed E-state index contributed by atoms with van der Waals surface area (Å²) < 4.78 is 5.59. The molecule has 0 aromatic heterocycles. The number of aliphatic hydroxyl groups is 1. The van der Waals surface area contributed by atoms with E-state index in [1.165, 1.54) is 25.7 Å². The summed E-state index contributed by atoms with van der Waals surface area (Å²) in [6.07, 6.45) is 6.37. The molecule has 0 aliphatic carbocycles. The fourth-order valence-corrected chi connectivity index (χ4v) is 3.39. The van der Waals surface area contributed by atoms with Crippen molar-refractivity contribution in [2.75, 3.05) is 25.4 Å². The van der Waals surface area contributed by atoms with E-state index in [0.717, 1.165) is 31.5 Å². The van der Waals surface area contributed by atoms with Gasteiger partial charge in [0.25, 0.3) is 0 Å². The Labute approximate surface area is 140 Å². The van der Waals surface area contributed by atoms with Crippen LogP contribution in [0.2, 0.25) is 0 Å². The van der Waals surface area contributed by atoms with Crippen molar-refractivity contribution in [1.82, 2.24) is 4.90 Å². The highest BCUT2D eigenvalue weighted by Gasteiger charge is 2.21. The number of nitrogens with zero attached hydrogens (tertiary/aromatic N) is 1. The Morgan fingerprint density at radius 1 is 1.35 bits per heavy atom. The molecule has 130 valence electrons. The molecule has 0 spiro atoms. The van der Waals surface area contributed by atoms with Crippen LogP contribution in [0, 0.1) is 0 Å². The fraction of sp³-hybridized carbons (Fsp3) is 0.684. The third-order valence-electron chi connectivity index (χ3n) is 4.79. The van der Waals surface area contributed by atoms with E-state index < -0.39 is 6.10 Å². The van der Waals surface area contributed by atoms with E-state index in [4.69, 9.17) is 10.5 Å². The summed E-state index contributed by atoms with van der Waals surface area (Å²) in [5.74, 6) is 0.713.